The second-order valence-electron chi connectivity index (χ2n) is 6.04. The van der Waals surface area contributed by atoms with Crippen LogP contribution >= 0.6 is 0 Å². The molecule has 1 unspecified atom stereocenters. The molecule has 1 aliphatic carbocycles. The highest BCUT2D eigenvalue weighted by atomic mass is 19.2. The van der Waals surface area contributed by atoms with Crippen molar-refractivity contribution < 1.29 is 13.2 Å². The topological polar surface area (TPSA) is 0 Å². The maximum Gasteiger partial charge on any atom is 0.162 e. The quantitative estimate of drug-likeness (QED) is 0.719. The predicted octanol–water partition coefficient (Wildman–Crippen LogP) is 5.33. The van der Waals surface area contributed by atoms with Gasteiger partial charge in [-0.1, -0.05) is 31.5 Å². The van der Waals surface area contributed by atoms with E-state index in [4.69, 9.17) is 0 Å². The van der Waals surface area contributed by atoms with Gasteiger partial charge in [0.15, 0.2) is 11.6 Å². The molecular weight excluding hydrogens is 285 g/mol. The maximum atomic E-state index is 14.3. The summed E-state index contributed by atoms with van der Waals surface area (Å²) in [6.07, 6.45) is 3.53. The van der Waals surface area contributed by atoms with Crippen LogP contribution < -0.4 is 0 Å². The molecular formula is C19H19F3. The van der Waals surface area contributed by atoms with Crippen molar-refractivity contribution in [2.24, 2.45) is 0 Å². The van der Waals surface area contributed by atoms with Crippen LogP contribution in [0.25, 0.3) is 0 Å². The molecule has 0 saturated carbocycles. The molecule has 0 heterocycles. The molecule has 0 amide bonds. The van der Waals surface area contributed by atoms with Crippen LogP contribution in [0.5, 0.6) is 0 Å². The lowest BCUT2D eigenvalue weighted by atomic mass is 9.79. The van der Waals surface area contributed by atoms with Crippen molar-refractivity contribution in [1.82, 2.24) is 0 Å². The molecule has 0 aliphatic heterocycles. The zero-order valence-electron chi connectivity index (χ0n) is 12.6. The van der Waals surface area contributed by atoms with Gasteiger partial charge >= 0.3 is 0 Å². The fourth-order valence-corrected chi connectivity index (χ4v) is 3.39. The summed E-state index contributed by atoms with van der Waals surface area (Å²) in [5.41, 5.74) is 2.95. The fourth-order valence-electron chi connectivity index (χ4n) is 3.39. The number of fused-ring (bicyclic) bond motifs is 1. The van der Waals surface area contributed by atoms with Crippen LogP contribution in [-0.4, -0.2) is 0 Å². The second-order valence-corrected chi connectivity index (χ2v) is 6.04. The molecule has 116 valence electrons. The van der Waals surface area contributed by atoms with Crippen LogP contribution in [-0.2, 0) is 19.3 Å². The number of aryl methyl sites for hydroxylation is 1. The molecule has 0 nitrogen and oxygen atoms in total. The molecule has 0 aromatic heterocycles. The molecule has 0 N–H and O–H groups in total. The Kier molecular flexibility index (Phi) is 4.23. The standard InChI is InChI=1S/C19H19F3/c1-2-3-12-4-7-15(18(21)10-12)13-5-8-16-14(11-13)6-9-17(20)19(16)22/h4,6-7,9-10,13H,2-3,5,8,11H2,1H3. The van der Waals surface area contributed by atoms with E-state index in [-0.39, 0.29) is 11.7 Å². The number of hydrogen-bond donors (Lipinski definition) is 0. The van der Waals surface area contributed by atoms with Crippen LogP contribution in [0.4, 0.5) is 13.2 Å². The Morgan fingerprint density at radius 1 is 1.05 bits per heavy atom. The number of hydrogen-bond acceptors (Lipinski definition) is 0. The van der Waals surface area contributed by atoms with E-state index in [1.807, 2.05) is 12.1 Å². The Bertz CT molecular complexity index is 691. The largest absolute Gasteiger partial charge is 0.207 e. The van der Waals surface area contributed by atoms with Gasteiger partial charge in [0.25, 0.3) is 0 Å². The van der Waals surface area contributed by atoms with Gasteiger partial charge in [-0.2, -0.15) is 0 Å². The molecule has 0 bridgehead atoms. The van der Waals surface area contributed by atoms with Crippen LogP contribution in [0.1, 0.15) is 47.9 Å². The van der Waals surface area contributed by atoms with Crippen LogP contribution in [0, 0.1) is 17.5 Å². The third kappa shape index (κ3) is 2.77. The highest BCUT2D eigenvalue weighted by molar-refractivity contribution is 5.36. The van der Waals surface area contributed by atoms with E-state index in [1.165, 1.54) is 0 Å². The molecule has 3 heteroatoms. The molecule has 1 atom stereocenters. The third-order valence-corrected chi connectivity index (χ3v) is 4.55. The molecule has 22 heavy (non-hydrogen) atoms. The molecule has 3 rings (SSSR count). The summed E-state index contributed by atoms with van der Waals surface area (Å²) >= 11 is 0. The molecule has 0 saturated heterocycles. The molecule has 2 aromatic carbocycles. The van der Waals surface area contributed by atoms with Gasteiger partial charge in [0, 0.05) is 0 Å². The van der Waals surface area contributed by atoms with Crippen LogP contribution in [0.3, 0.4) is 0 Å². The first-order valence-electron chi connectivity index (χ1n) is 7.84. The fraction of sp³-hybridized carbons (Fsp3) is 0.368. The van der Waals surface area contributed by atoms with Gasteiger partial charge in [0.2, 0.25) is 0 Å². The van der Waals surface area contributed by atoms with Crippen molar-refractivity contribution in [2.45, 2.75) is 44.9 Å². The van der Waals surface area contributed by atoms with Crippen molar-refractivity contribution in [3.05, 3.63) is 70.0 Å². The van der Waals surface area contributed by atoms with E-state index in [9.17, 15) is 13.2 Å². The minimum Gasteiger partial charge on any atom is -0.207 e. The Morgan fingerprint density at radius 2 is 1.86 bits per heavy atom. The average Bonchev–Trinajstić information content (AvgIpc) is 2.51. The van der Waals surface area contributed by atoms with E-state index in [0.29, 0.717) is 30.4 Å². The summed E-state index contributed by atoms with van der Waals surface area (Å²) in [6.45, 7) is 2.07. The monoisotopic (exact) mass is 304 g/mol. The third-order valence-electron chi connectivity index (χ3n) is 4.55. The minimum absolute atomic E-state index is 0.0352. The Balaban J connectivity index is 1.87. The van der Waals surface area contributed by atoms with E-state index in [0.717, 1.165) is 30.0 Å². The second kappa shape index (κ2) is 6.15. The van der Waals surface area contributed by atoms with Gasteiger partial charge in [-0.15, -0.1) is 0 Å². The lowest BCUT2D eigenvalue weighted by Crippen LogP contribution is -2.16. The first-order valence-corrected chi connectivity index (χ1v) is 7.84. The summed E-state index contributed by atoms with van der Waals surface area (Å²) in [5.74, 6) is -1.68. The van der Waals surface area contributed by atoms with Gasteiger partial charge in [0.05, 0.1) is 0 Å². The predicted molar refractivity (Wildman–Crippen MR) is 81.5 cm³/mol. The van der Waals surface area contributed by atoms with Gasteiger partial charge in [-0.05, 0) is 66.0 Å². The Labute approximate surface area is 129 Å². The normalized spacial score (nSPS) is 17.4. The van der Waals surface area contributed by atoms with Gasteiger partial charge in [0.1, 0.15) is 5.82 Å². The lowest BCUT2D eigenvalue weighted by Gasteiger charge is -2.26. The van der Waals surface area contributed by atoms with Gasteiger partial charge < -0.3 is 0 Å². The number of halogens is 3. The van der Waals surface area contributed by atoms with E-state index in [1.54, 1.807) is 12.1 Å². The van der Waals surface area contributed by atoms with Crippen molar-refractivity contribution in [2.75, 3.05) is 0 Å². The first kappa shape index (κ1) is 15.1. The highest BCUT2D eigenvalue weighted by Crippen LogP contribution is 2.35. The molecule has 0 fully saturated rings. The van der Waals surface area contributed by atoms with Crippen LogP contribution in [0.2, 0.25) is 0 Å². The van der Waals surface area contributed by atoms with Crippen molar-refractivity contribution in [1.29, 1.82) is 0 Å². The maximum absolute atomic E-state index is 14.3. The smallest absolute Gasteiger partial charge is 0.162 e. The summed E-state index contributed by atoms with van der Waals surface area (Å²) in [7, 11) is 0. The molecule has 0 spiro atoms. The van der Waals surface area contributed by atoms with Crippen molar-refractivity contribution in [3.8, 4) is 0 Å². The van der Waals surface area contributed by atoms with Gasteiger partial charge in [-0.3, -0.25) is 0 Å². The summed E-state index contributed by atoms with van der Waals surface area (Å²) in [5, 5.41) is 0. The molecule has 0 radical (unpaired) electrons. The number of rotatable bonds is 3. The average molecular weight is 304 g/mol. The summed E-state index contributed by atoms with van der Waals surface area (Å²) < 4.78 is 41.4. The molecule has 2 aromatic rings. The Hall–Kier alpha value is -1.77. The van der Waals surface area contributed by atoms with Crippen LogP contribution in [0.15, 0.2) is 30.3 Å². The van der Waals surface area contributed by atoms with Gasteiger partial charge in [-0.25, -0.2) is 13.2 Å². The first-order chi connectivity index (χ1) is 10.6. The Morgan fingerprint density at radius 3 is 2.59 bits per heavy atom. The minimum atomic E-state index is -0.799. The zero-order valence-corrected chi connectivity index (χ0v) is 12.6. The molecule has 1 aliphatic rings. The number of benzene rings is 2. The van der Waals surface area contributed by atoms with E-state index >= 15 is 0 Å². The van der Waals surface area contributed by atoms with E-state index in [2.05, 4.69) is 6.92 Å². The summed E-state index contributed by atoms with van der Waals surface area (Å²) in [4.78, 5) is 0. The SMILES string of the molecule is CCCc1ccc(C2CCc3c(ccc(F)c3F)C2)c(F)c1. The van der Waals surface area contributed by atoms with E-state index < -0.39 is 11.6 Å². The highest BCUT2D eigenvalue weighted by Gasteiger charge is 2.25. The van der Waals surface area contributed by atoms with Crippen molar-refractivity contribution >= 4 is 0 Å². The zero-order chi connectivity index (χ0) is 15.7. The summed E-state index contributed by atoms with van der Waals surface area (Å²) in [6, 6.07) is 8.23. The lowest BCUT2D eigenvalue weighted by molar-refractivity contribution is 0.473. The van der Waals surface area contributed by atoms with Crippen molar-refractivity contribution in [3.63, 3.8) is 0 Å².